The number of nitrogens with one attached hydrogen (secondary N) is 2. The van der Waals surface area contributed by atoms with Crippen molar-refractivity contribution in [1.82, 2.24) is 15.2 Å². The van der Waals surface area contributed by atoms with Gasteiger partial charge in [-0.15, -0.1) is 24.0 Å². The van der Waals surface area contributed by atoms with Crippen molar-refractivity contribution in [2.45, 2.75) is 45.7 Å². The van der Waals surface area contributed by atoms with Gasteiger partial charge in [0.05, 0.1) is 0 Å². The number of hydrogen-bond acceptors (Lipinski definition) is 2. The molecule has 2 rings (SSSR count). The van der Waals surface area contributed by atoms with Crippen molar-refractivity contribution < 1.29 is 0 Å². The van der Waals surface area contributed by atoms with Crippen LogP contribution in [0.15, 0.2) is 28.0 Å². The molecular weight excluding hydrogens is 391 g/mol. The molecule has 124 valence electrons. The van der Waals surface area contributed by atoms with Crippen molar-refractivity contribution in [2.24, 2.45) is 10.9 Å². The van der Waals surface area contributed by atoms with E-state index in [0.717, 1.165) is 43.5 Å². The zero-order valence-electron chi connectivity index (χ0n) is 13.6. The predicted octanol–water partition coefficient (Wildman–Crippen LogP) is 2.13. The smallest absolute Gasteiger partial charge is 0.250 e. The summed E-state index contributed by atoms with van der Waals surface area (Å²) in [5.41, 5.74) is 1.11. The fraction of sp³-hybridized carbons (Fsp3) is 0.625. The van der Waals surface area contributed by atoms with Gasteiger partial charge in [0.25, 0.3) is 5.56 Å². The first-order valence-corrected chi connectivity index (χ1v) is 7.75. The van der Waals surface area contributed by atoms with Gasteiger partial charge in [0, 0.05) is 37.9 Å². The summed E-state index contributed by atoms with van der Waals surface area (Å²) in [6.45, 7) is 5.87. The fourth-order valence-electron chi connectivity index (χ4n) is 2.41. The SMILES string of the molecule is CN=C(NCCCCn1c(C)cccc1=O)NC1CC1C.I. The van der Waals surface area contributed by atoms with Crippen LogP contribution in [0, 0.1) is 12.8 Å². The van der Waals surface area contributed by atoms with Gasteiger partial charge < -0.3 is 15.2 Å². The number of nitrogens with zero attached hydrogens (tertiary/aromatic N) is 2. The highest BCUT2D eigenvalue weighted by molar-refractivity contribution is 14.0. The van der Waals surface area contributed by atoms with Gasteiger partial charge in [-0.05, 0) is 38.2 Å². The number of aryl methyl sites for hydroxylation is 1. The molecule has 5 nitrogen and oxygen atoms in total. The van der Waals surface area contributed by atoms with Gasteiger partial charge >= 0.3 is 0 Å². The molecule has 0 spiro atoms. The maximum Gasteiger partial charge on any atom is 0.250 e. The van der Waals surface area contributed by atoms with Crippen molar-refractivity contribution in [3.05, 3.63) is 34.2 Å². The zero-order valence-corrected chi connectivity index (χ0v) is 16.0. The van der Waals surface area contributed by atoms with E-state index in [9.17, 15) is 4.79 Å². The molecule has 1 fully saturated rings. The molecule has 0 amide bonds. The van der Waals surface area contributed by atoms with Crippen molar-refractivity contribution in [3.8, 4) is 0 Å². The summed E-state index contributed by atoms with van der Waals surface area (Å²) in [5.74, 6) is 1.65. The van der Waals surface area contributed by atoms with Gasteiger partial charge in [-0.3, -0.25) is 9.79 Å². The Labute approximate surface area is 149 Å². The van der Waals surface area contributed by atoms with Gasteiger partial charge in [-0.2, -0.15) is 0 Å². The summed E-state index contributed by atoms with van der Waals surface area (Å²) in [6.07, 6.45) is 3.23. The Bertz CT molecular complexity index is 555. The highest BCUT2D eigenvalue weighted by Crippen LogP contribution is 2.28. The molecule has 1 aliphatic carbocycles. The van der Waals surface area contributed by atoms with E-state index in [1.807, 2.05) is 23.6 Å². The molecule has 0 saturated heterocycles. The Balaban J connectivity index is 0.00000242. The number of halogens is 1. The van der Waals surface area contributed by atoms with E-state index >= 15 is 0 Å². The van der Waals surface area contributed by atoms with Crippen LogP contribution in [0.1, 0.15) is 31.9 Å². The zero-order chi connectivity index (χ0) is 15.2. The number of aliphatic imine (C=N–C) groups is 1. The second-order valence-electron chi connectivity index (χ2n) is 5.83. The average molecular weight is 418 g/mol. The van der Waals surface area contributed by atoms with Crippen molar-refractivity contribution in [1.29, 1.82) is 0 Å². The van der Waals surface area contributed by atoms with Gasteiger partial charge in [0.2, 0.25) is 0 Å². The van der Waals surface area contributed by atoms with Crippen LogP contribution in [0.2, 0.25) is 0 Å². The number of hydrogen-bond donors (Lipinski definition) is 2. The summed E-state index contributed by atoms with van der Waals surface area (Å²) < 4.78 is 1.83. The average Bonchev–Trinajstić information content (AvgIpc) is 3.15. The van der Waals surface area contributed by atoms with Crippen molar-refractivity contribution >= 4 is 29.9 Å². The molecule has 0 bridgehead atoms. The Morgan fingerprint density at radius 3 is 2.73 bits per heavy atom. The van der Waals surface area contributed by atoms with Crippen LogP contribution >= 0.6 is 24.0 Å². The lowest BCUT2D eigenvalue weighted by Gasteiger charge is -2.12. The van der Waals surface area contributed by atoms with E-state index in [4.69, 9.17) is 0 Å². The summed E-state index contributed by atoms with van der Waals surface area (Å²) in [7, 11) is 1.80. The van der Waals surface area contributed by atoms with Crippen LogP contribution in [0.3, 0.4) is 0 Å². The number of aromatic nitrogens is 1. The minimum atomic E-state index is 0. The van der Waals surface area contributed by atoms with E-state index < -0.39 is 0 Å². The molecule has 1 heterocycles. The number of rotatable bonds is 6. The summed E-state index contributed by atoms with van der Waals surface area (Å²) >= 11 is 0. The highest BCUT2D eigenvalue weighted by atomic mass is 127. The molecule has 0 aliphatic heterocycles. The van der Waals surface area contributed by atoms with E-state index in [1.165, 1.54) is 6.42 Å². The Morgan fingerprint density at radius 1 is 1.41 bits per heavy atom. The predicted molar refractivity (Wildman–Crippen MR) is 102 cm³/mol. The lowest BCUT2D eigenvalue weighted by atomic mass is 10.3. The van der Waals surface area contributed by atoms with Gasteiger partial charge in [0.1, 0.15) is 0 Å². The Kier molecular flexibility index (Phi) is 7.92. The lowest BCUT2D eigenvalue weighted by Crippen LogP contribution is -2.39. The van der Waals surface area contributed by atoms with Crippen LogP contribution < -0.4 is 16.2 Å². The topological polar surface area (TPSA) is 58.4 Å². The lowest BCUT2D eigenvalue weighted by molar-refractivity contribution is 0.574. The molecule has 1 aromatic rings. The summed E-state index contributed by atoms with van der Waals surface area (Å²) in [6, 6.07) is 5.99. The molecule has 22 heavy (non-hydrogen) atoms. The second-order valence-corrected chi connectivity index (χ2v) is 5.83. The maximum atomic E-state index is 11.7. The van der Waals surface area contributed by atoms with Crippen LogP contribution in [-0.4, -0.2) is 30.2 Å². The molecule has 2 unspecified atom stereocenters. The molecular formula is C16H27IN4O. The maximum absolute atomic E-state index is 11.7. The van der Waals surface area contributed by atoms with Crippen LogP contribution in [0.25, 0.3) is 0 Å². The van der Waals surface area contributed by atoms with Crippen molar-refractivity contribution in [2.75, 3.05) is 13.6 Å². The second kappa shape index (κ2) is 9.17. The third-order valence-electron chi connectivity index (χ3n) is 4.02. The van der Waals surface area contributed by atoms with E-state index in [0.29, 0.717) is 6.04 Å². The molecule has 6 heteroatoms. The van der Waals surface area contributed by atoms with Gasteiger partial charge in [-0.25, -0.2) is 0 Å². The molecule has 1 saturated carbocycles. The quantitative estimate of drug-likeness (QED) is 0.322. The normalized spacial score (nSPS) is 20.2. The molecule has 1 aromatic heterocycles. The highest BCUT2D eigenvalue weighted by Gasteiger charge is 2.33. The van der Waals surface area contributed by atoms with E-state index in [-0.39, 0.29) is 29.5 Å². The first kappa shape index (κ1) is 19.0. The Morgan fingerprint density at radius 2 is 2.14 bits per heavy atom. The fourth-order valence-corrected chi connectivity index (χ4v) is 2.41. The standard InChI is InChI=1S/C16H26N4O.HI/c1-12-11-14(12)19-16(17-3)18-9-4-5-10-20-13(2)7-6-8-15(20)21;/h6-8,12,14H,4-5,9-11H2,1-3H3,(H2,17,18,19);1H. The molecule has 2 atom stereocenters. The minimum Gasteiger partial charge on any atom is -0.356 e. The van der Waals surface area contributed by atoms with E-state index in [1.54, 1.807) is 13.1 Å². The number of unbranched alkanes of at least 4 members (excludes halogenated alkanes) is 1. The van der Waals surface area contributed by atoms with Crippen LogP contribution in [0.5, 0.6) is 0 Å². The monoisotopic (exact) mass is 418 g/mol. The largest absolute Gasteiger partial charge is 0.356 e. The number of pyridine rings is 1. The molecule has 1 aliphatic rings. The molecule has 2 N–H and O–H groups in total. The number of guanidine groups is 1. The third-order valence-corrected chi connectivity index (χ3v) is 4.02. The van der Waals surface area contributed by atoms with Gasteiger partial charge in [0.15, 0.2) is 5.96 Å². The van der Waals surface area contributed by atoms with Crippen molar-refractivity contribution in [3.63, 3.8) is 0 Å². The third kappa shape index (κ3) is 5.62. The first-order chi connectivity index (χ1) is 10.1. The summed E-state index contributed by atoms with van der Waals surface area (Å²) in [5, 5.41) is 6.73. The Hall–Kier alpha value is -1.05. The van der Waals surface area contributed by atoms with Crippen LogP contribution in [0.4, 0.5) is 0 Å². The first-order valence-electron chi connectivity index (χ1n) is 7.75. The van der Waals surface area contributed by atoms with Gasteiger partial charge in [-0.1, -0.05) is 13.0 Å². The van der Waals surface area contributed by atoms with E-state index in [2.05, 4.69) is 22.5 Å². The molecule has 0 radical (unpaired) electrons. The van der Waals surface area contributed by atoms with Crippen LogP contribution in [-0.2, 0) is 6.54 Å². The minimum absolute atomic E-state index is 0. The molecule has 0 aromatic carbocycles. The summed E-state index contributed by atoms with van der Waals surface area (Å²) in [4.78, 5) is 16.0.